The fraction of sp³-hybridized carbons (Fsp3) is 0. The van der Waals surface area contributed by atoms with Crippen LogP contribution in [0.15, 0.2) is 24.4 Å². The molecule has 1 heterocycles. The Morgan fingerprint density at radius 3 is 2.71 bits per heavy atom. The van der Waals surface area contributed by atoms with Crippen LogP contribution in [0.1, 0.15) is 16.1 Å². The molecule has 0 atom stereocenters. The van der Waals surface area contributed by atoms with Crippen LogP contribution in [-0.4, -0.2) is 22.3 Å². The lowest BCUT2D eigenvalue weighted by Gasteiger charge is -1.99. The Hall–Kier alpha value is -2.17. The highest BCUT2D eigenvalue weighted by Gasteiger charge is 2.03. The molecule has 1 rings (SSSR count). The van der Waals surface area contributed by atoms with Crippen LogP contribution >= 0.6 is 0 Å². The second kappa shape index (κ2) is 4.18. The van der Waals surface area contributed by atoms with Gasteiger partial charge in [0.25, 0.3) is 0 Å². The third-order valence-corrected chi connectivity index (χ3v) is 1.58. The molecule has 1 aromatic heterocycles. The molecule has 14 heavy (non-hydrogen) atoms. The minimum Gasteiger partial charge on any atom is -0.478 e. The predicted octanol–water partition coefficient (Wildman–Crippen LogP) is -1.09. The van der Waals surface area contributed by atoms with E-state index in [1.54, 1.807) is 0 Å². The average Bonchev–Trinajstić information content (AvgIpc) is 2.18. The number of rotatable bonds is 3. The van der Waals surface area contributed by atoms with Crippen molar-refractivity contribution in [1.29, 1.82) is 0 Å². The Balaban J connectivity index is 2.99. The zero-order valence-electron chi connectivity index (χ0n) is 7.34. The summed E-state index contributed by atoms with van der Waals surface area (Å²) in [7, 11) is 0. The number of aromatic nitrogens is 1. The van der Waals surface area contributed by atoms with Crippen molar-refractivity contribution in [2.45, 2.75) is 0 Å². The molecular formula is C9H10N3O2+. The number of pyridine rings is 1. The van der Waals surface area contributed by atoms with Crippen molar-refractivity contribution in [2.75, 3.05) is 0 Å². The molecule has 5 nitrogen and oxygen atoms in total. The molecule has 0 amide bonds. The van der Waals surface area contributed by atoms with E-state index in [0.717, 1.165) is 0 Å². The second-order valence-electron chi connectivity index (χ2n) is 2.55. The normalized spacial score (nSPS) is 11.0. The Kier molecular flexibility index (Phi) is 2.96. The Morgan fingerprint density at radius 2 is 2.29 bits per heavy atom. The zero-order valence-corrected chi connectivity index (χ0v) is 7.34. The monoisotopic (exact) mass is 192 g/mol. The van der Waals surface area contributed by atoms with Gasteiger partial charge in [-0.1, -0.05) is 0 Å². The molecular weight excluding hydrogens is 182 g/mol. The van der Waals surface area contributed by atoms with Gasteiger partial charge in [0.1, 0.15) is 0 Å². The largest absolute Gasteiger partial charge is 0.478 e. The highest BCUT2D eigenvalue weighted by Crippen LogP contribution is 2.05. The lowest BCUT2D eigenvalue weighted by atomic mass is 10.2. The number of nitrogens with two attached hydrogens (primary N) is 2. The molecule has 0 radical (unpaired) electrons. The number of allylic oxidation sites excluding steroid dienone is 1. The summed E-state index contributed by atoms with van der Waals surface area (Å²) in [6, 6.07) is 2.96. The lowest BCUT2D eigenvalue weighted by molar-refractivity contribution is -0.104. The summed E-state index contributed by atoms with van der Waals surface area (Å²) < 4.78 is 0. The second-order valence-corrected chi connectivity index (χ2v) is 2.55. The third kappa shape index (κ3) is 2.16. The van der Waals surface area contributed by atoms with Crippen LogP contribution in [0.5, 0.6) is 0 Å². The number of carboxylic acids is 1. The fourth-order valence-corrected chi connectivity index (χ4v) is 0.880. The van der Waals surface area contributed by atoms with Crippen LogP contribution in [0.4, 0.5) is 0 Å². The quantitative estimate of drug-likeness (QED) is 0.529. The summed E-state index contributed by atoms with van der Waals surface area (Å²) in [5, 5.41) is 13.7. The Morgan fingerprint density at radius 1 is 1.57 bits per heavy atom. The summed E-state index contributed by atoms with van der Waals surface area (Å²) in [6.45, 7) is 0. The molecule has 0 bridgehead atoms. The van der Waals surface area contributed by atoms with Crippen molar-refractivity contribution in [2.24, 2.45) is 5.73 Å². The van der Waals surface area contributed by atoms with Crippen molar-refractivity contribution >= 4 is 17.9 Å². The van der Waals surface area contributed by atoms with E-state index in [-0.39, 0.29) is 5.56 Å². The van der Waals surface area contributed by atoms with Gasteiger partial charge in [-0.05, 0) is 12.1 Å². The van der Waals surface area contributed by atoms with Crippen LogP contribution in [-0.2, 0) is 0 Å². The molecule has 0 saturated heterocycles. The molecule has 0 saturated carbocycles. The molecule has 0 aliphatic heterocycles. The van der Waals surface area contributed by atoms with Gasteiger partial charge in [-0.15, -0.1) is 0 Å². The van der Waals surface area contributed by atoms with Gasteiger partial charge < -0.3 is 10.8 Å². The van der Waals surface area contributed by atoms with Gasteiger partial charge >= 0.3 is 5.97 Å². The minimum atomic E-state index is -1.02. The lowest BCUT2D eigenvalue weighted by Crippen LogP contribution is -2.28. The zero-order chi connectivity index (χ0) is 10.6. The first-order chi connectivity index (χ1) is 6.65. The maximum Gasteiger partial charge on any atom is 0.337 e. The number of carbonyl (C=O) groups is 1. The minimum absolute atomic E-state index is 0.123. The van der Waals surface area contributed by atoms with Gasteiger partial charge in [-0.2, -0.15) is 0 Å². The topological polar surface area (TPSA) is 102 Å². The van der Waals surface area contributed by atoms with Gasteiger partial charge in [0, 0.05) is 12.3 Å². The smallest absolute Gasteiger partial charge is 0.337 e. The number of hydrogen-bond donors (Lipinski definition) is 3. The van der Waals surface area contributed by atoms with Gasteiger partial charge in [0.15, 0.2) is 6.21 Å². The van der Waals surface area contributed by atoms with Crippen LogP contribution in [0.3, 0.4) is 0 Å². The molecule has 0 aliphatic carbocycles. The SMILES string of the molecule is N/C(=C\C=[NH2+])c1ccc(C(=O)O)cn1. The van der Waals surface area contributed by atoms with Crippen molar-refractivity contribution in [1.82, 2.24) is 4.98 Å². The first kappa shape index (κ1) is 9.91. The summed E-state index contributed by atoms with van der Waals surface area (Å²) >= 11 is 0. The van der Waals surface area contributed by atoms with Crippen LogP contribution in [0, 0.1) is 0 Å². The summed E-state index contributed by atoms with van der Waals surface area (Å²) in [5.41, 5.74) is 6.58. The van der Waals surface area contributed by atoms with E-state index in [0.29, 0.717) is 11.4 Å². The van der Waals surface area contributed by atoms with Crippen molar-refractivity contribution in [3.05, 3.63) is 35.7 Å². The van der Waals surface area contributed by atoms with Crippen LogP contribution in [0.2, 0.25) is 0 Å². The molecule has 0 aromatic carbocycles. The first-order valence-corrected chi connectivity index (χ1v) is 3.85. The standard InChI is InChI=1S/C9H9N3O2/c10-4-3-7(11)8-2-1-6(5-12-8)9(13)14/h1-5,10H,11H2,(H,13,14)/p+1/b7-3-,10-4?. The maximum atomic E-state index is 10.5. The predicted molar refractivity (Wildman–Crippen MR) is 51.4 cm³/mol. The number of carboxylic acid groups (broad SMARTS) is 1. The maximum absolute atomic E-state index is 10.5. The highest BCUT2D eigenvalue weighted by atomic mass is 16.4. The van der Waals surface area contributed by atoms with Gasteiger partial charge in [0.05, 0.1) is 17.0 Å². The van der Waals surface area contributed by atoms with E-state index < -0.39 is 5.97 Å². The van der Waals surface area contributed by atoms with Gasteiger partial charge in [-0.3, -0.25) is 10.4 Å². The molecule has 1 aromatic rings. The van der Waals surface area contributed by atoms with E-state index in [4.69, 9.17) is 16.2 Å². The average molecular weight is 192 g/mol. The Bertz CT molecular complexity index is 382. The molecule has 0 spiro atoms. The molecule has 5 heteroatoms. The number of aromatic carboxylic acids is 1. The summed E-state index contributed by atoms with van der Waals surface area (Å²) in [6.07, 6.45) is 4.03. The molecule has 0 unspecified atom stereocenters. The van der Waals surface area contributed by atoms with Gasteiger partial charge in [-0.25, -0.2) is 4.79 Å². The van der Waals surface area contributed by atoms with E-state index in [1.807, 2.05) is 0 Å². The van der Waals surface area contributed by atoms with Crippen molar-refractivity contribution in [3.8, 4) is 0 Å². The first-order valence-electron chi connectivity index (χ1n) is 3.85. The van der Waals surface area contributed by atoms with E-state index in [2.05, 4.69) is 4.98 Å². The molecule has 0 aliphatic rings. The molecule has 0 fully saturated rings. The third-order valence-electron chi connectivity index (χ3n) is 1.58. The summed E-state index contributed by atoms with van der Waals surface area (Å²) in [4.78, 5) is 14.4. The van der Waals surface area contributed by atoms with E-state index in [9.17, 15) is 4.79 Å². The van der Waals surface area contributed by atoms with E-state index >= 15 is 0 Å². The molecule has 5 N–H and O–H groups in total. The van der Waals surface area contributed by atoms with E-state index in [1.165, 1.54) is 30.6 Å². The van der Waals surface area contributed by atoms with Gasteiger partial charge in [0.2, 0.25) is 0 Å². The number of hydrogen-bond acceptors (Lipinski definition) is 3. The Labute approximate surface area is 80.4 Å². The van der Waals surface area contributed by atoms with Crippen LogP contribution < -0.4 is 11.1 Å². The number of nitrogens with zero attached hydrogens (tertiary/aromatic N) is 1. The van der Waals surface area contributed by atoms with Crippen molar-refractivity contribution < 1.29 is 15.3 Å². The van der Waals surface area contributed by atoms with Crippen molar-refractivity contribution in [3.63, 3.8) is 0 Å². The highest BCUT2D eigenvalue weighted by molar-refractivity contribution is 5.87. The fourth-order valence-electron chi connectivity index (χ4n) is 0.880. The molecule has 72 valence electrons. The van der Waals surface area contributed by atoms with Crippen LogP contribution in [0.25, 0.3) is 5.70 Å². The summed E-state index contributed by atoms with van der Waals surface area (Å²) in [5.74, 6) is -1.02.